The van der Waals surface area contributed by atoms with Crippen molar-refractivity contribution in [1.82, 2.24) is 29.9 Å². The van der Waals surface area contributed by atoms with Crippen LogP contribution in [0.1, 0.15) is 40.1 Å². The summed E-state index contributed by atoms with van der Waals surface area (Å²) < 4.78 is 3.94. The largest absolute Gasteiger partial charge is 0.352 e. The molecule has 26 heavy (non-hydrogen) atoms. The smallest absolute Gasteiger partial charge is 0.251 e. The van der Waals surface area contributed by atoms with Gasteiger partial charge in [-0.2, -0.15) is 5.10 Å². The van der Waals surface area contributed by atoms with Gasteiger partial charge < -0.3 is 9.88 Å². The lowest BCUT2D eigenvalue weighted by atomic mass is 10.1. The van der Waals surface area contributed by atoms with Crippen molar-refractivity contribution >= 4 is 5.91 Å². The van der Waals surface area contributed by atoms with Gasteiger partial charge in [-0.25, -0.2) is 0 Å². The predicted molar refractivity (Wildman–Crippen MR) is 99.0 cm³/mol. The van der Waals surface area contributed by atoms with Crippen molar-refractivity contribution in [2.24, 2.45) is 0 Å². The zero-order chi connectivity index (χ0) is 18.5. The SMILES string of the molecule is CCn1cnnc1CCNC(=O)c1ccc(Cn2nc(C)cc2C)cc1. The second-order valence-corrected chi connectivity index (χ2v) is 6.32. The molecule has 1 amide bonds. The minimum Gasteiger partial charge on any atom is -0.352 e. The average molecular weight is 352 g/mol. The molecule has 0 unspecified atom stereocenters. The molecule has 1 aromatic carbocycles. The first-order chi connectivity index (χ1) is 12.6. The van der Waals surface area contributed by atoms with Gasteiger partial charge in [0.05, 0.1) is 12.2 Å². The molecule has 0 radical (unpaired) electrons. The van der Waals surface area contributed by atoms with Crippen molar-refractivity contribution in [3.8, 4) is 0 Å². The van der Waals surface area contributed by atoms with Crippen LogP contribution in [0.5, 0.6) is 0 Å². The molecule has 0 aliphatic heterocycles. The molecule has 0 atom stereocenters. The number of carbonyl (C=O) groups is 1. The van der Waals surface area contributed by atoms with Gasteiger partial charge in [0.25, 0.3) is 5.91 Å². The van der Waals surface area contributed by atoms with Crippen LogP contribution in [0.25, 0.3) is 0 Å². The highest BCUT2D eigenvalue weighted by atomic mass is 16.1. The Morgan fingerprint density at radius 1 is 1.19 bits per heavy atom. The Kier molecular flexibility index (Phi) is 5.46. The fourth-order valence-electron chi connectivity index (χ4n) is 2.90. The molecule has 0 aliphatic rings. The van der Waals surface area contributed by atoms with Crippen LogP contribution in [0.3, 0.4) is 0 Å². The Balaban J connectivity index is 1.54. The molecule has 0 bridgehead atoms. The Morgan fingerprint density at radius 2 is 1.96 bits per heavy atom. The van der Waals surface area contributed by atoms with Crippen LogP contribution in [-0.4, -0.2) is 37.0 Å². The molecular weight excluding hydrogens is 328 g/mol. The Bertz CT molecular complexity index is 878. The molecule has 0 saturated carbocycles. The second-order valence-electron chi connectivity index (χ2n) is 6.32. The molecule has 0 fully saturated rings. The number of aromatic nitrogens is 5. The number of nitrogens with zero attached hydrogens (tertiary/aromatic N) is 5. The van der Waals surface area contributed by atoms with E-state index in [2.05, 4.69) is 26.7 Å². The Hall–Kier alpha value is -2.96. The zero-order valence-corrected chi connectivity index (χ0v) is 15.4. The number of aryl methyl sites for hydroxylation is 3. The van der Waals surface area contributed by atoms with Gasteiger partial charge in [-0.3, -0.25) is 9.48 Å². The first-order valence-electron chi connectivity index (χ1n) is 8.81. The van der Waals surface area contributed by atoms with Gasteiger partial charge in [-0.05, 0) is 44.5 Å². The highest BCUT2D eigenvalue weighted by Crippen LogP contribution is 2.09. The molecule has 1 N–H and O–H groups in total. The quantitative estimate of drug-likeness (QED) is 0.707. The topological polar surface area (TPSA) is 77.6 Å². The fourth-order valence-corrected chi connectivity index (χ4v) is 2.90. The van der Waals surface area contributed by atoms with Crippen molar-refractivity contribution in [2.45, 2.75) is 40.3 Å². The highest BCUT2D eigenvalue weighted by Gasteiger charge is 2.08. The lowest BCUT2D eigenvalue weighted by molar-refractivity contribution is 0.0954. The van der Waals surface area contributed by atoms with E-state index in [4.69, 9.17) is 0 Å². The molecule has 3 rings (SSSR count). The summed E-state index contributed by atoms with van der Waals surface area (Å²) in [6.07, 6.45) is 2.37. The van der Waals surface area contributed by atoms with Crippen LogP contribution in [0.15, 0.2) is 36.7 Å². The third kappa shape index (κ3) is 4.17. The van der Waals surface area contributed by atoms with Crippen LogP contribution < -0.4 is 5.32 Å². The van der Waals surface area contributed by atoms with E-state index in [0.717, 1.165) is 29.3 Å². The van der Waals surface area contributed by atoms with Gasteiger partial charge in [0.1, 0.15) is 12.2 Å². The summed E-state index contributed by atoms with van der Waals surface area (Å²) in [6, 6.07) is 9.70. The van der Waals surface area contributed by atoms with Crippen molar-refractivity contribution < 1.29 is 4.79 Å². The number of carbonyl (C=O) groups excluding carboxylic acids is 1. The van der Waals surface area contributed by atoms with Crippen LogP contribution in [0, 0.1) is 13.8 Å². The maximum atomic E-state index is 12.3. The van der Waals surface area contributed by atoms with Crippen molar-refractivity contribution in [2.75, 3.05) is 6.54 Å². The summed E-state index contributed by atoms with van der Waals surface area (Å²) in [5.41, 5.74) is 3.91. The number of benzene rings is 1. The molecular formula is C19H24N6O. The zero-order valence-electron chi connectivity index (χ0n) is 15.4. The Labute approximate surface area is 153 Å². The van der Waals surface area contributed by atoms with Crippen molar-refractivity contribution in [3.63, 3.8) is 0 Å². The van der Waals surface area contributed by atoms with Gasteiger partial charge in [-0.1, -0.05) is 12.1 Å². The number of hydrogen-bond donors (Lipinski definition) is 1. The van der Waals surface area contributed by atoms with E-state index in [1.165, 1.54) is 0 Å². The van der Waals surface area contributed by atoms with E-state index >= 15 is 0 Å². The summed E-state index contributed by atoms with van der Waals surface area (Å²) in [6.45, 7) is 8.13. The summed E-state index contributed by atoms with van der Waals surface area (Å²) in [7, 11) is 0. The van der Waals surface area contributed by atoms with Gasteiger partial charge in [0.2, 0.25) is 0 Å². The highest BCUT2D eigenvalue weighted by molar-refractivity contribution is 5.94. The Morgan fingerprint density at radius 3 is 2.62 bits per heavy atom. The monoisotopic (exact) mass is 352 g/mol. The van der Waals surface area contributed by atoms with E-state index in [-0.39, 0.29) is 5.91 Å². The van der Waals surface area contributed by atoms with E-state index in [9.17, 15) is 4.79 Å². The predicted octanol–water partition coefficient (Wildman–Crippen LogP) is 2.13. The molecule has 3 aromatic rings. The summed E-state index contributed by atoms with van der Waals surface area (Å²) in [5.74, 6) is 0.804. The van der Waals surface area contributed by atoms with E-state index < -0.39 is 0 Å². The number of rotatable bonds is 7. The van der Waals surface area contributed by atoms with Crippen LogP contribution in [0.2, 0.25) is 0 Å². The molecule has 7 heteroatoms. The van der Waals surface area contributed by atoms with E-state index in [1.54, 1.807) is 6.33 Å². The number of nitrogens with one attached hydrogen (secondary N) is 1. The summed E-state index contributed by atoms with van der Waals surface area (Å²) in [4.78, 5) is 12.3. The molecule has 7 nitrogen and oxygen atoms in total. The lowest BCUT2D eigenvalue weighted by Crippen LogP contribution is -2.26. The molecule has 2 heterocycles. The standard InChI is InChI=1S/C19H24N6O/c1-4-24-13-21-22-18(24)9-10-20-19(26)17-7-5-16(6-8-17)12-25-15(3)11-14(2)23-25/h5-8,11,13H,4,9-10,12H2,1-3H3,(H,20,26). The molecule has 136 valence electrons. The third-order valence-corrected chi connectivity index (χ3v) is 4.32. The van der Waals surface area contributed by atoms with Crippen LogP contribution in [0.4, 0.5) is 0 Å². The normalized spacial score (nSPS) is 10.9. The minimum atomic E-state index is -0.0785. The van der Waals surface area contributed by atoms with Gasteiger partial charge in [-0.15, -0.1) is 10.2 Å². The molecule has 0 aliphatic carbocycles. The maximum Gasteiger partial charge on any atom is 0.251 e. The average Bonchev–Trinajstić information content (AvgIpc) is 3.21. The minimum absolute atomic E-state index is 0.0785. The third-order valence-electron chi connectivity index (χ3n) is 4.32. The van der Waals surface area contributed by atoms with Gasteiger partial charge in [0.15, 0.2) is 0 Å². The molecule has 0 saturated heterocycles. The first kappa shape index (κ1) is 17.8. The van der Waals surface area contributed by atoms with Crippen LogP contribution >= 0.6 is 0 Å². The molecule has 0 spiro atoms. The van der Waals surface area contributed by atoms with E-state index in [0.29, 0.717) is 25.1 Å². The summed E-state index contributed by atoms with van der Waals surface area (Å²) in [5, 5.41) is 15.4. The van der Waals surface area contributed by atoms with Crippen molar-refractivity contribution in [3.05, 3.63) is 65.0 Å². The van der Waals surface area contributed by atoms with Crippen LogP contribution in [-0.2, 0) is 19.5 Å². The lowest BCUT2D eigenvalue weighted by Gasteiger charge is -2.08. The first-order valence-corrected chi connectivity index (χ1v) is 8.81. The maximum absolute atomic E-state index is 12.3. The summed E-state index contributed by atoms with van der Waals surface area (Å²) >= 11 is 0. The van der Waals surface area contributed by atoms with Crippen molar-refractivity contribution in [1.29, 1.82) is 0 Å². The number of amides is 1. The number of hydrogen-bond acceptors (Lipinski definition) is 4. The molecule has 2 aromatic heterocycles. The van der Waals surface area contributed by atoms with Gasteiger partial charge in [0, 0.05) is 30.8 Å². The second kappa shape index (κ2) is 7.95. The fraction of sp³-hybridized carbons (Fsp3) is 0.368. The van der Waals surface area contributed by atoms with E-state index in [1.807, 2.05) is 54.3 Å². The van der Waals surface area contributed by atoms with Gasteiger partial charge >= 0.3 is 0 Å².